The Morgan fingerprint density at radius 3 is 3.06 bits per heavy atom. The van der Waals surface area contributed by atoms with Crippen molar-refractivity contribution >= 4 is 17.3 Å². The summed E-state index contributed by atoms with van der Waals surface area (Å²) in [4.78, 5) is 8.86. The molecule has 0 bridgehead atoms. The van der Waals surface area contributed by atoms with E-state index in [1.165, 1.54) is 18.5 Å². The van der Waals surface area contributed by atoms with Crippen LogP contribution in [0.1, 0.15) is 43.3 Å². The van der Waals surface area contributed by atoms with Crippen LogP contribution in [-0.2, 0) is 6.54 Å². The third-order valence-electron chi connectivity index (χ3n) is 2.64. The van der Waals surface area contributed by atoms with Crippen LogP contribution in [0.3, 0.4) is 0 Å². The molecule has 0 unspecified atom stereocenters. The zero-order valence-electron chi connectivity index (χ0n) is 10.4. The maximum absolute atomic E-state index is 5.76. The zero-order valence-corrected chi connectivity index (χ0v) is 11.3. The molecule has 0 aromatic carbocycles. The van der Waals surface area contributed by atoms with Gasteiger partial charge in [0.1, 0.15) is 5.01 Å². The quantitative estimate of drug-likeness (QED) is 0.623. The smallest absolute Gasteiger partial charge is 0.189 e. The lowest BCUT2D eigenvalue weighted by Gasteiger charge is -2.07. The van der Waals surface area contributed by atoms with Crippen molar-refractivity contribution in [1.29, 1.82) is 0 Å². The number of guanidine groups is 1. The van der Waals surface area contributed by atoms with Crippen LogP contribution in [0.4, 0.5) is 0 Å². The van der Waals surface area contributed by atoms with Crippen molar-refractivity contribution in [2.45, 2.75) is 39.2 Å². The second-order valence-corrected chi connectivity index (χ2v) is 5.86. The SMILES string of the molecule is CC(C)CNC(N)=NCc1nc(C2CC2)cs1. The van der Waals surface area contributed by atoms with Crippen molar-refractivity contribution in [3.8, 4) is 0 Å². The van der Waals surface area contributed by atoms with E-state index in [9.17, 15) is 0 Å². The van der Waals surface area contributed by atoms with E-state index in [1.54, 1.807) is 11.3 Å². The monoisotopic (exact) mass is 252 g/mol. The van der Waals surface area contributed by atoms with Crippen molar-refractivity contribution < 1.29 is 0 Å². The predicted molar refractivity (Wildman–Crippen MR) is 72.3 cm³/mol. The molecule has 5 heteroatoms. The van der Waals surface area contributed by atoms with Gasteiger partial charge in [0.05, 0.1) is 12.2 Å². The first-order chi connectivity index (χ1) is 8.15. The average Bonchev–Trinajstić information content (AvgIpc) is 3.04. The van der Waals surface area contributed by atoms with Crippen molar-refractivity contribution in [3.63, 3.8) is 0 Å². The highest BCUT2D eigenvalue weighted by atomic mass is 32.1. The fourth-order valence-electron chi connectivity index (χ4n) is 1.48. The molecule has 1 aromatic heterocycles. The van der Waals surface area contributed by atoms with E-state index in [2.05, 4.69) is 34.5 Å². The van der Waals surface area contributed by atoms with E-state index in [-0.39, 0.29) is 0 Å². The normalized spacial score (nSPS) is 16.5. The number of thiazole rings is 1. The van der Waals surface area contributed by atoms with Crippen molar-refractivity contribution in [3.05, 3.63) is 16.1 Å². The van der Waals surface area contributed by atoms with Crippen LogP contribution in [0.15, 0.2) is 10.4 Å². The van der Waals surface area contributed by atoms with E-state index in [0.29, 0.717) is 18.4 Å². The number of hydrogen-bond acceptors (Lipinski definition) is 3. The van der Waals surface area contributed by atoms with Gasteiger partial charge in [-0.15, -0.1) is 11.3 Å². The average molecular weight is 252 g/mol. The van der Waals surface area contributed by atoms with Gasteiger partial charge in [-0.3, -0.25) is 0 Å². The molecule has 1 fully saturated rings. The van der Waals surface area contributed by atoms with Crippen molar-refractivity contribution in [2.24, 2.45) is 16.6 Å². The minimum Gasteiger partial charge on any atom is -0.370 e. The van der Waals surface area contributed by atoms with E-state index in [1.807, 2.05) is 0 Å². The Morgan fingerprint density at radius 2 is 2.41 bits per heavy atom. The summed E-state index contributed by atoms with van der Waals surface area (Å²) in [5.74, 6) is 1.81. The molecule has 94 valence electrons. The second kappa shape index (κ2) is 5.49. The molecule has 0 spiro atoms. The summed E-state index contributed by atoms with van der Waals surface area (Å²) < 4.78 is 0. The Kier molecular flexibility index (Phi) is 3.99. The highest BCUT2D eigenvalue weighted by molar-refractivity contribution is 7.09. The van der Waals surface area contributed by atoms with E-state index >= 15 is 0 Å². The van der Waals surface area contributed by atoms with Gasteiger partial charge in [-0.05, 0) is 18.8 Å². The van der Waals surface area contributed by atoms with Gasteiger partial charge in [0.25, 0.3) is 0 Å². The fraction of sp³-hybridized carbons (Fsp3) is 0.667. The van der Waals surface area contributed by atoms with Gasteiger partial charge < -0.3 is 11.1 Å². The van der Waals surface area contributed by atoms with Gasteiger partial charge in [0.2, 0.25) is 0 Å². The molecule has 0 atom stereocenters. The van der Waals surface area contributed by atoms with Gasteiger partial charge in [0, 0.05) is 17.8 Å². The summed E-state index contributed by atoms with van der Waals surface area (Å²) in [5.41, 5.74) is 7.01. The molecule has 0 amide bonds. The van der Waals surface area contributed by atoms with Gasteiger partial charge in [-0.1, -0.05) is 13.8 Å². The summed E-state index contributed by atoms with van der Waals surface area (Å²) in [6.45, 7) is 5.74. The standard InChI is InChI=1S/C12H20N4S/c1-8(2)5-14-12(13)15-6-11-16-10(7-17-11)9-3-4-9/h7-9H,3-6H2,1-2H3,(H3,13,14,15). The summed E-state index contributed by atoms with van der Waals surface area (Å²) in [6.07, 6.45) is 2.59. The number of aromatic nitrogens is 1. The minimum atomic E-state index is 0.516. The highest BCUT2D eigenvalue weighted by Gasteiger charge is 2.25. The fourth-order valence-corrected chi connectivity index (χ4v) is 2.28. The predicted octanol–water partition coefficient (Wildman–Crippen LogP) is 2.08. The largest absolute Gasteiger partial charge is 0.370 e. The molecule has 0 aliphatic heterocycles. The van der Waals surface area contributed by atoms with Crippen LogP contribution in [-0.4, -0.2) is 17.5 Å². The lowest BCUT2D eigenvalue weighted by molar-refractivity contribution is 0.622. The van der Waals surface area contributed by atoms with E-state index < -0.39 is 0 Å². The Morgan fingerprint density at radius 1 is 1.65 bits per heavy atom. The first-order valence-electron chi connectivity index (χ1n) is 6.13. The van der Waals surface area contributed by atoms with Crippen LogP contribution in [0, 0.1) is 5.92 Å². The summed E-state index contributed by atoms with van der Waals surface area (Å²) >= 11 is 1.68. The number of aliphatic imine (C=N–C) groups is 1. The lowest BCUT2D eigenvalue weighted by atomic mass is 10.2. The molecule has 1 aliphatic rings. The zero-order chi connectivity index (χ0) is 12.3. The van der Waals surface area contributed by atoms with E-state index in [4.69, 9.17) is 5.73 Å². The highest BCUT2D eigenvalue weighted by Crippen LogP contribution is 2.40. The van der Waals surface area contributed by atoms with Gasteiger partial charge in [-0.25, -0.2) is 9.98 Å². The number of nitrogens with two attached hydrogens (primary N) is 1. The maximum atomic E-state index is 5.76. The van der Waals surface area contributed by atoms with Crippen LogP contribution >= 0.6 is 11.3 Å². The molecule has 2 rings (SSSR count). The number of rotatable bonds is 5. The molecule has 0 radical (unpaired) electrons. The van der Waals surface area contributed by atoms with Crippen LogP contribution in [0.25, 0.3) is 0 Å². The maximum Gasteiger partial charge on any atom is 0.189 e. The number of nitrogens with zero attached hydrogens (tertiary/aromatic N) is 2. The van der Waals surface area contributed by atoms with Gasteiger partial charge in [0.15, 0.2) is 5.96 Å². The first kappa shape index (κ1) is 12.4. The lowest BCUT2D eigenvalue weighted by Crippen LogP contribution is -2.34. The van der Waals surface area contributed by atoms with Gasteiger partial charge in [-0.2, -0.15) is 0 Å². The first-order valence-corrected chi connectivity index (χ1v) is 7.01. The topological polar surface area (TPSA) is 63.3 Å². The summed E-state index contributed by atoms with van der Waals surface area (Å²) in [7, 11) is 0. The van der Waals surface area contributed by atoms with Gasteiger partial charge >= 0.3 is 0 Å². The molecule has 17 heavy (non-hydrogen) atoms. The molecule has 1 aromatic rings. The third-order valence-corrected chi connectivity index (χ3v) is 3.49. The summed E-state index contributed by atoms with van der Waals surface area (Å²) in [5, 5.41) is 6.31. The van der Waals surface area contributed by atoms with E-state index in [0.717, 1.165) is 17.5 Å². The van der Waals surface area contributed by atoms with Crippen LogP contribution in [0.5, 0.6) is 0 Å². The molecule has 0 saturated heterocycles. The molecular weight excluding hydrogens is 232 g/mol. The van der Waals surface area contributed by atoms with Crippen LogP contribution in [0.2, 0.25) is 0 Å². The molecule has 1 aliphatic carbocycles. The second-order valence-electron chi connectivity index (χ2n) is 4.92. The third kappa shape index (κ3) is 4.00. The Bertz CT molecular complexity index is 393. The molecule has 3 N–H and O–H groups in total. The number of nitrogens with one attached hydrogen (secondary N) is 1. The van der Waals surface area contributed by atoms with Crippen LogP contribution < -0.4 is 11.1 Å². The summed E-state index contributed by atoms with van der Waals surface area (Å²) in [6, 6.07) is 0. The van der Waals surface area contributed by atoms with Crippen molar-refractivity contribution in [2.75, 3.05) is 6.54 Å². The molecule has 4 nitrogen and oxygen atoms in total. The molecule has 1 saturated carbocycles. The molecular formula is C12H20N4S. The number of hydrogen-bond donors (Lipinski definition) is 2. The Balaban J connectivity index is 1.80. The minimum absolute atomic E-state index is 0.516. The Labute approximate surface area is 106 Å². The van der Waals surface area contributed by atoms with Crippen molar-refractivity contribution in [1.82, 2.24) is 10.3 Å². The molecule has 1 heterocycles. The Hall–Kier alpha value is -1.10.